The minimum absolute atomic E-state index is 0.0352. The van der Waals surface area contributed by atoms with Crippen LogP contribution in [0.1, 0.15) is 47.8 Å². The van der Waals surface area contributed by atoms with Crippen LogP contribution in [0.15, 0.2) is 42.7 Å². The molecule has 1 aliphatic rings. The van der Waals surface area contributed by atoms with Gasteiger partial charge in [0.15, 0.2) is 0 Å². The molecule has 0 aliphatic carbocycles. The number of aromatic nitrogens is 1. The van der Waals surface area contributed by atoms with Gasteiger partial charge in [0.1, 0.15) is 0 Å². The second kappa shape index (κ2) is 4.88. The van der Waals surface area contributed by atoms with Crippen LogP contribution >= 0.6 is 0 Å². The molecule has 21 heavy (non-hydrogen) atoms. The first-order valence-corrected chi connectivity index (χ1v) is 7.08. The third-order valence-electron chi connectivity index (χ3n) is 4.16. The number of carbonyl (C=O) groups excluding carboxylic acids is 1. The van der Waals surface area contributed by atoms with Gasteiger partial charge in [0.05, 0.1) is 6.04 Å². The van der Waals surface area contributed by atoms with Gasteiger partial charge in [-0.25, -0.2) is 0 Å². The molecule has 1 aromatic heterocycles. The Kier molecular flexibility index (Phi) is 3.16. The van der Waals surface area contributed by atoms with E-state index in [1.807, 2.05) is 24.4 Å². The number of fused-ring (bicyclic) bond motifs is 1. The Morgan fingerprint density at radius 2 is 2.19 bits per heavy atom. The van der Waals surface area contributed by atoms with Crippen molar-refractivity contribution in [2.75, 3.05) is 5.32 Å². The number of nitrogens with two attached hydrogens (primary N) is 1. The zero-order chi connectivity index (χ0) is 15.0. The molecule has 2 heterocycles. The Bertz CT molecular complexity index is 680. The molecule has 4 heteroatoms. The van der Waals surface area contributed by atoms with Gasteiger partial charge in [-0.2, -0.15) is 0 Å². The molecule has 1 atom stereocenters. The fraction of sp³-hybridized carbons (Fsp3) is 0.294. The number of nitrogens with zero attached hydrogens (tertiary/aromatic N) is 1. The Labute approximate surface area is 124 Å². The molecule has 1 amide bonds. The fourth-order valence-electron chi connectivity index (χ4n) is 3.03. The van der Waals surface area contributed by atoms with Crippen molar-refractivity contribution in [3.63, 3.8) is 0 Å². The zero-order valence-electron chi connectivity index (χ0n) is 12.3. The van der Waals surface area contributed by atoms with E-state index in [-0.39, 0.29) is 17.4 Å². The van der Waals surface area contributed by atoms with Crippen LogP contribution in [-0.4, -0.2) is 10.9 Å². The van der Waals surface area contributed by atoms with Crippen molar-refractivity contribution < 1.29 is 4.79 Å². The summed E-state index contributed by atoms with van der Waals surface area (Å²) in [5, 5.41) is 3.54. The van der Waals surface area contributed by atoms with Crippen LogP contribution in [0.4, 0.5) is 5.69 Å². The van der Waals surface area contributed by atoms with Gasteiger partial charge in [-0.05, 0) is 47.2 Å². The highest BCUT2D eigenvalue weighted by Crippen LogP contribution is 2.44. The summed E-state index contributed by atoms with van der Waals surface area (Å²) in [4.78, 5) is 15.6. The van der Waals surface area contributed by atoms with E-state index in [0.717, 1.165) is 17.7 Å². The minimum atomic E-state index is -0.386. The van der Waals surface area contributed by atoms with E-state index in [2.05, 4.69) is 30.2 Å². The number of benzene rings is 1. The first kappa shape index (κ1) is 13.6. The monoisotopic (exact) mass is 281 g/mol. The number of hydrogen-bond acceptors (Lipinski definition) is 3. The summed E-state index contributed by atoms with van der Waals surface area (Å²) < 4.78 is 0. The number of pyridine rings is 1. The van der Waals surface area contributed by atoms with Gasteiger partial charge in [0, 0.05) is 23.6 Å². The topological polar surface area (TPSA) is 68.0 Å². The Morgan fingerprint density at radius 1 is 1.38 bits per heavy atom. The maximum atomic E-state index is 11.4. The maximum Gasteiger partial charge on any atom is 0.248 e. The van der Waals surface area contributed by atoms with Crippen molar-refractivity contribution in [1.29, 1.82) is 0 Å². The first-order valence-electron chi connectivity index (χ1n) is 7.08. The highest BCUT2D eigenvalue weighted by atomic mass is 16.1. The van der Waals surface area contributed by atoms with E-state index in [1.54, 1.807) is 12.3 Å². The van der Waals surface area contributed by atoms with E-state index in [9.17, 15) is 4.79 Å². The number of amides is 1. The molecule has 108 valence electrons. The van der Waals surface area contributed by atoms with Gasteiger partial charge in [-0.1, -0.05) is 19.9 Å². The van der Waals surface area contributed by atoms with Crippen LogP contribution < -0.4 is 11.1 Å². The number of nitrogens with one attached hydrogen (secondary N) is 1. The standard InChI is InChI=1S/C17H19N3O/c1-17(2)9-15(12-4-3-7-19-10-12)20-14-6-5-11(16(18)21)8-13(14)17/h3-8,10,15,20H,9H2,1-2H3,(H2,18,21). The molecule has 0 saturated heterocycles. The highest BCUT2D eigenvalue weighted by Gasteiger charge is 2.33. The summed E-state index contributed by atoms with van der Waals surface area (Å²) in [5.41, 5.74) is 9.28. The van der Waals surface area contributed by atoms with Gasteiger partial charge in [0.2, 0.25) is 5.91 Å². The molecular weight excluding hydrogens is 262 g/mol. The van der Waals surface area contributed by atoms with Crippen LogP contribution in [0, 0.1) is 0 Å². The number of rotatable bonds is 2. The van der Waals surface area contributed by atoms with Crippen LogP contribution in [-0.2, 0) is 5.41 Å². The second-order valence-electron chi connectivity index (χ2n) is 6.20. The normalized spacial score (nSPS) is 19.4. The SMILES string of the molecule is CC1(C)CC(c2cccnc2)Nc2ccc(C(N)=O)cc21. The number of primary amides is 1. The molecule has 2 aromatic rings. The van der Waals surface area contributed by atoms with Gasteiger partial charge in [0.25, 0.3) is 0 Å². The lowest BCUT2D eigenvalue weighted by Crippen LogP contribution is -2.31. The van der Waals surface area contributed by atoms with Gasteiger partial charge in [-0.15, -0.1) is 0 Å². The molecule has 4 nitrogen and oxygen atoms in total. The molecule has 0 fully saturated rings. The van der Waals surface area contributed by atoms with Crippen LogP contribution in [0.5, 0.6) is 0 Å². The van der Waals surface area contributed by atoms with Crippen LogP contribution in [0.25, 0.3) is 0 Å². The summed E-state index contributed by atoms with van der Waals surface area (Å²) >= 11 is 0. The predicted molar refractivity (Wildman–Crippen MR) is 83.2 cm³/mol. The third kappa shape index (κ3) is 2.49. The number of hydrogen-bond donors (Lipinski definition) is 2. The van der Waals surface area contributed by atoms with Crippen molar-refractivity contribution in [3.8, 4) is 0 Å². The Hall–Kier alpha value is -2.36. The maximum absolute atomic E-state index is 11.4. The largest absolute Gasteiger partial charge is 0.378 e. The summed E-state index contributed by atoms with van der Waals surface area (Å²) in [5.74, 6) is -0.386. The summed E-state index contributed by atoms with van der Waals surface area (Å²) in [6.45, 7) is 4.39. The predicted octanol–water partition coefficient (Wildman–Crippen LogP) is 3.02. The second-order valence-corrected chi connectivity index (χ2v) is 6.20. The molecule has 3 rings (SSSR count). The number of anilines is 1. The van der Waals surface area contributed by atoms with E-state index >= 15 is 0 Å². The van der Waals surface area contributed by atoms with Gasteiger partial charge in [-0.3, -0.25) is 9.78 Å². The van der Waals surface area contributed by atoms with Crippen LogP contribution in [0.3, 0.4) is 0 Å². The smallest absolute Gasteiger partial charge is 0.248 e. The lowest BCUT2D eigenvalue weighted by molar-refractivity contribution is 0.1000. The molecule has 1 aromatic carbocycles. The zero-order valence-corrected chi connectivity index (χ0v) is 12.3. The first-order chi connectivity index (χ1) is 9.97. The number of carbonyl (C=O) groups is 1. The highest BCUT2D eigenvalue weighted by molar-refractivity contribution is 5.93. The molecule has 1 aliphatic heterocycles. The van der Waals surface area contributed by atoms with Crippen molar-refractivity contribution in [3.05, 3.63) is 59.4 Å². The lowest BCUT2D eigenvalue weighted by Gasteiger charge is -2.39. The summed E-state index contributed by atoms with van der Waals surface area (Å²) in [6, 6.07) is 9.89. The van der Waals surface area contributed by atoms with Gasteiger partial charge < -0.3 is 11.1 Å². The molecule has 3 N–H and O–H groups in total. The van der Waals surface area contributed by atoms with E-state index in [1.165, 1.54) is 5.56 Å². The van der Waals surface area contributed by atoms with Crippen molar-refractivity contribution in [2.24, 2.45) is 5.73 Å². The molecule has 0 radical (unpaired) electrons. The van der Waals surface area contributed by atoms with E-state index in [0.29, 0.717) is 5.56 Å². The average molecular weight is 281 g/mol. The molecular formula is C17H19N3O. The molecule has 0 spiro atoms. The molecule has 1 unspecified atom stereocenters. The third-order valence-corrected chi connectivity index (χ3v) is 4.16. The van der Waals surface area contributed by atoms with Crippen molar-refractivity contribution in [2.45, 2.75) is 31.7 Å². The molecule has 0 bridgehead atoms. The average Bonchev–Trinajstić information content (AvgIpc) is 2.47. The fourth-order valence-corrected chi connectivity index (χ4v) is 3.03. The Balaban J connectivity index is 2.02. The minimum Gasteiger partial charge on any atom is -0.378 e. The quantitative estimate of drug-likeness (QED) is 0.889. The van der Waals surface area contributed by atoms with Crippen molar-refractivity contribution >= 4 is 11.6 Å². The van der Waals surface area contributed by atoms with Crippen LogP contribution in [0.2, 0.25) is 0 Å². The Morgan fingerprint density at radius 3 is 2.86 bits per heavy atom. The lowest BCUT2D eigenvalue weighted by atomic mass is 9.74. The van der Waals surface area contributed by atoms with E-state index < -0.39 is 0 Å². The summed E-state index contributed by atoms with van der Waals surface area (Å²) in [7, 11) is 0. The summed E-state index contributed by atoms with van der Waals surface area (Å²) in [6.07, 6.45) is 4.62. The molecule has 0 saturated carbocycles. The van der Waals surface area contributed by atoms with Crippen molar-refractivity contribution in [1.82, 2.24) is 4.98 Å². The van der Waals surface area contributed by atoms with E-state index in [4.69, 9.17) is 5.73 Å². The van der Waals surface area contributed by atoms with Gasteiger partial charge >= 0.3 is 0 Å².